The first kappa shape index (κ1) is 15.3. The number of thioether (sulfide) groups is 1. The zero-order chi connectivity index (χ0) is 14.7. The number of ether oxygens (including phenoxy) is 1. The van der Waals surface area contributed by atoms with Crippen LogP contribution in [0.1, 0.15) is 56.8 Å². The highest BCUT2D eigenvalue weighted by Gasteiger charge is 2.39. The Morgan fingerprint density at radius 1 is 1.38 bits per heavy atom. The lowest BCUT2D eigenvalue weighted by Crippen LogP contribution is -2.48. The fourth-order valence-electron chi connectivity index (χ4n) is 3.48. The van der Waals surface area contributed by atoms with Gasteiger partial charge in [-0.3, -0.25) is 4.90 Å². The predicted molar refractivity (Wildman–Crippen MR) is 83.3 cm³/mol. The second-order valence-corrected chi connectivity index (χ2v) is 7.78. The monoisotopic (exact) mass is 311 g/mol. The van der Waals surface area contributed by atoms with Crippen molar-refractivity contribution in [3.05, 3.63) is 11.7 Å². The third-order valence-corrected chi connectivity index (χ3v) is 6.24. The van der Waals surface area contributed by atoms with Crippen LogP contribution in [0.25, 0.3) is 0 Å². The van der Waals surface area contributed by atoms with Crippen molar-refractivity contribution in [1.29, 1.82) is 0 Å². The summed E-state index contributed by atoms with van der Waals surface area (Å²) < 4.78 is 10.9. The standard InChI is InChI=1S/C15H25N3O2S/c1-12(14-16-13(10-19-2)17-20-14)18-8-9-21-15(11-18)6-4-3-5-7-15/h12H,3-11H2,1-2H3/t12-/m0/s1. The lowest BCUT2D eigenvalue weighted by Gasteiger charge is -2.46. The number of methoxy groups -OCH3 is 1. The highest BCUT2D eigenvalue weighted by Crippen LogP contribution is 2.44. The van der Waals surface area contributed by atoms with Crippen LogP contribution >= 0.6 is 11.8 Å². The van der Waals surface area contributed by atoms with E-state index in [1.807, 2.05) is 0 Å². The van der Waals surface area contributed by atoms with E-state index in [2.05, 4.69) is 33.7 Å². The summed E-state index contributed by atoms with van der Waals surface area (Å²) in [5.74, 6) is 2.57. The van der Waals surface area contributed by atoms with Crippen LogP contribution in [0.4, 0.5) is 0 Å². The third kappa shape index (κ3) is 3.43. The first-order valence-corrected chi connectivity index (χ1v) is 8.90. The van der Waals surface area contributed by atoms with Gasteiger partial charge in [0.15, 0.2) is 5.82 Å². The summed E-state index contributed by atoms with van der Waals surface area (Å²) in [5, 5.41) is 3.98. The molecule has 2 aliphatic rings. The Hall–Kier alpha value is -0.590. The molecular formula is C15H25N3O2S. The highest BCUT2D eigenvalue weighted by molar-refractivity contribution is 8.00. The molecule has 0 radical (unpaired) electrons. The van der Waals surface area contributed by atoms with E-state index in [0.717, 1.165) is 19.0 Å². The summed E-state index contributed by atoms with van der Waals surface area (Å²) in [7, 11) is 1.65. The van der Waals surface area contributed by atoms with E-state index in [-0.39, 0.29) is 6.04 Å². The summed E-state index contributed by atoms with van der Waals surface area (Å²) in [6.07, 6.45) is 6.89. The van der Waals surface area contributed by atoms with Gasteiger partial charge < -0.3 is 9.26 Å². The Morgan fingerprint density at radius 3 is 2.95 bits per heavy atom. The van der Waals surface area contributed by atoms with Crippen molar-refractivity contribution in [3.63, 3.8) is 0 Å². The van der Waals surface area contributed by atoms with Crippen LogP contribution < -0.4 is 0 Å². The van der Waals surface area contributed by atoms with Gasteiger partial charge in [-0.2, -0.15) is 16.7 Å². The molecule has 118 valence electrons. The Kier molecular flexibility index (Phi) is 4.86. The molecule has 0 unspecified atom stereocenters. The zero-order valence-corrected chi connectivity index (χ0v) is 13.8. The van der Waals surface area contributed by atoms with Crippen LogP contribution in [0.3, 0.4) is 0 Å². The van der Waals surface area contributed by atoms with Gasteiger partial charge >= 0.3 is 0 Å². The molecular weight excluding hydrogens is 286 g/mol. The number of aromatic nitrogens is 2. The fraction of sp³-hybridized carbons (Fsp3) is 0.867. The van der Waals surface area contributed by atoms with Crippen LogP contribution in [0.15, 0.2) is 4.52 Å². The van der Waals surface area contributed by atoms with Gasteiger partial charge in [-0.05, 0) is 19.8 Å². The molecule has 0 bridgehead atoms. The van der Waals surface area contributed by atoms with E-state index in [0.29, 0.717) is 17.2 Å². The van der Waals surface area contributed by atoms with Gasteiger partial charge in [0.2, 0.25) is 5.89 Å². The largest absolute Gasteiger partial charge is 0.377 e. The molecule has 1 spiro atoms. The Morgan fingerprint density at radius 2 is 2.19 bits per heavy atom. The molecule has 1 saturated carbocycles. The molecule has 21 heavy (non-hydrogen) atoms. The molecule has 0 aromatic carbocycles. The molecule has 2 fully saturated rings. The average Bonchev–Trinajstić information content (AvgIpc) is 2.96. The number of rotatable bonds is 4. The molecule has 2 heterocycles. The van der Waals surface area contributed by atoms with Crippen molar-refractivity contribution in [3.8, 4) is 0 Å². The minimum Gasteiger partial charge on any atom is -0.377 e. The lowest BCUT2D eigenvalue weighted by atomic mass is 9.87. The Bertz CT molecular complexity index is 454. The van der Waals surface area contributed by atoms with Gasteiger partial charge in [0.25, 0.3) is 0 Å². The van der Waals surface area contributed by atoms with Crippen molar-refractivity contribution < 1.29 is 9.26 Å². The van der Waals surface area contributed by atoms with E-state index >= 15 is 0 Å². The van der Waals surface area contributed by atoms with Crippen LogP contribution in [0.2, 0.25) is 0 Å². The maximum Gasteiger partial charge on any atom is 0.243 e. The molecule has 1 aromatic heterocycles. The summed E-state index contributed by atoms with van der Waals surface area (Å²) in [6, 6.07) is 0.197. The molecule has 0 N–H and O–H groups in total. The first-order chi connectivity index (χ1) is 10.2. The summed E-state index contributed by atoms with van der Waals surface area (Å²) in [6.45, 7) is 4.85. The number of nitrogens with zero attached hydrogens (tertiary/aromatic N) is 3. The van der Waals surface area contributed by atoms with E-state index in [9.17, 15) is 0 Å². The second kappa shape index (κ2) is 6.67. The molecule has 1 aliphatic heterocycles. The quantitative estimate of drug-likeness (QED) is 0.852. The molecule has 3 rings (SSSR count). The molecule has 5 nitrogen and oxygen atoms in total. The van der Waals surface area contributed by atoms with Crippen LogP contribution in [0, 0.1) is 0 Å². The molecule has 1 aliphatic carbocycles. The third-order valence-electron chi connectivity index (χ3n) is 4.71. The molecule has 1 atom stereocenters. The van der Waals surface area contributed by atoms with Crippen molar-refractivity contribution >= 4 is 11.8 Å². The van der Waals surface area contributed by atoms with Gasteiger partial charge in [-0.25, -0.2) is 0 Å². The number of hydrogen-bond acceptors (Lipinski definition) is 6. The highest BCUT2D eigenvalue weighted by atomic mass is 32.2. The average molecular weight is 311 g/mol. The zero-order valence-electron chi connectivity index (χ0n) is 13.0. The van der Waals surface area contributed by atoms with Crippen molar-refractivity contribution in [2.24, 2.45) is 0 Å². The Balaban J connectivity index is 1.66. The van der Waals surface area contributed by atoms with Gasteiger partial charge in [-0.15, -0.1) is 0 Å². The van der Waals surface area contributed by atoms with Crippen molar-refractivity contribution in [2.75, 3.05) is 26.0 Å². The van der Waals surface area contributed by atoms with E-state index in [4.69, 9.17) is 9.26 Å². The van der Waals surface area contributed by atoms with E-state index in [1.165, 1.54) is 37.9 Å². The maximum atomic E-state index is 5.42. The summed E-state index contributed by atoms with van der Waals surface area (Å²) >= 11 is 2.19. The van der Waals surface area contributed by atoms with Gasteiger partial charge in [0.1, 0.15) is 6.61 Å². The van der Waals surface area contributed by atoms with Crippen molar-refractivity contribution in [2.45, 2.75) is 56.4 Å². The van der Waals surface area contributed by atoms with E-state index < -0.39 is 0 Å². The first-order valence-electron chi connectivity index (χ1n) is 7.92. The summed E-state index contributed by atoms with van der Waals surface area (Å²) in [5.41, 5.74) is 0. The normalized spacial score (nSPS) is 24.3. The van der Waals surface area contributed by atoms with Crippen LogP contribution in [-0.4, -0.2) is 45.7 Å². The van der Waals surface area contributed by atoms with Crippen molar-refractivity contribution in [1.82, 2.24) is 15.0 Å². The smallest absolute Gasteiger partial charge is 0.243 e. The Labute approximate surface area is 130 Å². The van der Waals surface area contributed by atoms with E-state index in [1.54, 1.807) is 7.11 Å². The lowest BCUT2D eigenvalue weighted by molar-refractivity contribution is 0.146. The fourth-order valence-corrected chi connectivity index (χ4v) is 5.08. The summed E-state index contributed by atoms with van der Waals surface area (Å²) in [4.78, 5) is 6.98. The predicted octanol–water partition coefficient (Wildman–Crippen LogP) is 3.03. The SMILES string of the molecule is COCc1noc([C@H](C)N2CCSC3(CCCCC3)C2)n1. The number of hydrogen-bond donors (Lipinski definition) is 0. The topological polar surface area (TPSA) is 51.4 Å². The molecule has 1 saturated heterocycles. The van der Waals surface area contributed by atoms with Gasteiger partial charge in [-0.1, -0.05) is 24.4 Å². The molecule has 0 amide bonds. The second-order valence-electron chi connectivity index (χ2n) is 6.22. The maximum absolute atomic E-state index is 5.42. The van der Waals surface area contributed by atoms with Gasteiger partial charge in [0.05, 0.1) is 6.04 Å². The minimum absolute atomic E-state index is 0.197. The van der Waals surface area contributed by atoms with Crippen LogP contribution in [0.5, 0.6) is 0 Å². The van der Waals surface area contributed by atoms with Gasteiger partial charge in [0, 0.05) is 30.7 Å². The molecule has 6 heteroatoms. The molecule has 1 aromatic rings. The van der Waals surface area contributed by atoms with Crippen LogP contribution in [-0.2, 0) is 11.3 Å². The minimum atomic E-state index is 0.197.